The molecule has 0 heterocycles. The monoisotopic (exact) mass is 246 g/mol. The highest BCUT2D eigenvalue weighted by atomic mass is 35.5. The molecule has 0 aliphatic carbocycles. The van der Waals surface area contributed by atoms with Crippen LogP contribution in [-0.2, 0) is 0 Å². The van der Waals surface area contributed by atoms with Crippen molar-refractivity contribution >= 4 is 23.2 Å². The zero-order valence-corrected chi connectivity index (χ0v) is 9.74. The van der Waals surface area contributed by atoms with Gasteiger partial charge in [0.2, 0.25) is 5.91 Å². The molecule has 0 aliphatic heterocycles. The molecule has 3 nitrogen and oxygen atoms in total. The summed E-state index contributed by atoms with van der Waals surface area (Å²) in [7, 11) is 0. The summed E-state index contributed by atoms with van der Waals surface area (Å²) in [5, 5.41) is 0.643. The molecule has 4 N–H and O–H groups in total. The Morgan fingerprint density at radius 3 is 2.29 bits per heavy atom. The Morgan fingerprint density at radius 2 is 1.71 bits per heavy atom. The molecule has 2 rings (SSSR count). The number of carbonyl (C=O) groups is 1. The van der Waals surface area contributed by atoms with Gasteiger partial charge in [-0.25, -0.2) is 0 Å². The van der Waals surface area contributed by atoms with Crippen LogP contribution < -0.4 is 11.5 Å². The van der Waals surface area contributed by atoms with Crippen LogP contribution >= 0.6 is 11.6 Å². The molecule has 1 amide bonds. The maximum atomic E-state index is 11.4. The normalized spacial score (nSPS) is 10.2. The van der Waals surface area contributed by atoms with Crippen molar-refractivity contribution in [3.05, 3.63) is 53.1 Å². The van der Waals surface area contributed by atoms with Crippen LogP contribution in [0.3, 0.4) is 0 Å². The highest BCUT2D eigenvalue weighted by Gasteiger charge is 2.10. The molecule has 0 aliphatic rings. The van der Waals surface area contributed by atoms with Crippen LogP contribution in [0.2, 0.25) is 5.02 Å². The van der Waals surface area contributed by atoms with Gasteiger partial charge in [-0.3, -0.25) is 4.79 Å². The van der Waals surface area contributed by atoms with E-state index in [0.29, 0.717) is 16.3 Å². The van der Waals surface area contributed by atoms with Gasteiger partial charge in [0.1, 0.15) is 0 Å². The molecule has 0 saturated heterocycles. The third-order valence-corrected chi connectivity index (χ3v) is 2.72. The van der Waals surface area contributed by atoms with E-state index in [2.05, 4.69) is 0 Å². The number of rotatable bonds is 2. The van der Waals surface area contributed by atoms with E-state index in [1.165, 1.54) is 0 Å². The Balaban J connectivity index is 2.58. The lowest BCUT2D eigenvalue weighted by molar-refractivity contribution is 0.100. The molecule has 0 aromatic heterocycles. The van der Waals surface area contributed by atoms with Gasteiger partial charge in [-0.1, -0.05) is 29.8 Å². The molecule has 4 heteroatoms. The number of amides is 1. The summed E-state index contributed by atoms with van der Waals surface area (Å²) in [4.78, 5) is 11.4. The first-order chi connectivity index (χ1) is 8.08. The summed E-state index contributed by atoms with van der Waals surface area (Å²) in [5.41, 5.74) is 13.5. The molecule has 86 valence electrons. The van der Waals surface area contributed by atoms with Gasteiger partial charge in [0.05, 0.1) is 0 Å². The van der Waals surface area contributed by atoms with Gasteiger partial charge in [-0.2, -0.15) is 0 Å². The highest BCUT2D eigenvalue weighted by Crippen LogP contribution is 2.26. The molecule has 0 saturated carbocycles. The van der Waals surface area contributed by atoms with E-state index in [4.69, 9.17) is 23.1 Å². The summed E-state index contributed by atoms with van der Waals surface area (Å²) >= 11 is 5.82. The number of nitrogens with two attached hydrogens (primary N) is 2. The van der Waals surface area contributed by atoms with Crippen LogP contribution in [0.15, 0.2) is 42.5 Å². The fourth-order valence-corrected chi connectivity index (χ4v) is 1.77. The van der Waals surface area contributed by atoms with Gasteiger partial charge in [0.25, 0.3) is 0 Å². The Kier molecular flexibility index (Phi) is 3.02. The maximum absolute atomic E-state index is 11.4. The predicted octanol–water partition coefficient (Wildman–Crippen LogP) is 2.69. The van der Waals surface area contributed by atoms with Crippen molar-refractivity contribution in [2.24, 2.45) is 5.73 Å². The molecule has 0 radical (unpaired) electrons. The molecule has 0 unspecified atom stereocenters. The summed E-state index contributed by atoms with van der Waals surface area (Å²) in [6.45, 7) is 0. The molecular weight excluding hydrogens is 236 g/mol. The first-order valence-electron chi connectivity index (χ1n) is 5.03. The van der Waals surface area contributed by atoms with Crippen molar-refractivity contribution in [3.8, 4) is 11.1 Å². The zero-order valence-electron chi connectivity index (χ0n) is 8.98. The first-order valence-corrected chi connectivity index (χ1v) is 5.41. The Bertz CT molecular complexity index is 564. The topological polar surface area (TPSA) is 69.1 Å². The highest BCUT2D eigenvalue weighted by molar-refractivity contribution is 6.30. The van der Waals surface area contributed by atoms with E-state index in [1.54, 1.807) is 30.3 Å². The standard InChI is InChI=1S/C13H11ClN2O/c14-9-3-1-8(2-4-9)11-6-5-10(15)7-12(11)13(16)17/h1-7H,15H2,(H2,16,17). The van der Waals surface area contributed by atoms with Crippen molar-refractivity contribution in [1.82, 2.24) is 0 Å². The fraction of sp³-hybridized carbons (Fsp3) is 0. The lowest BCUT2D eigenvalue weighted by atomic mass is 9.99. The van der Waals surface area contributed by atoms with Gasteiger partial charge in [0.15, 0.2) is 0 Å². The quantitative estimate of drug-likeness (QED) is 0.800. The molecule has 0 spiro atoms. The first kappa shape index (κ1) is 11.5. The van der Waals surface area contributed by atoms with Crippen molar-refractivity contribution in [1.29, 1.82) is 0 Å². The van der Waals surface area contributed by atoms with E-state index in [1.807, 2.05) is 12.1 Å². The number of hydrogen-bond acceptors (Lipinski definition) is 2. The SMILES string of the molecule is NC(=O)c1cc(N)ccc1-c1ccc(Cl)cc1. The average Bonchev–Trinajstić information content (AvgIpc) is 2.30. The van der Waals surface area contributed by atoms with Crippen LogP contribution in [-0.4, -0.2) is 5.91 Å². The summed E-state index contributed by atoms with van der Waals surface area (Å²) < 4.78 is 0. The maximum Gasteiger partial charge on any atom is 0.249 e. The van der Waals surface area contributed by atoms with E-state index < -0.39 is 5.91 Å². The number of nitrogen functional groups attached to an aromatic ring is 1. The molecule has 17 heavy (non-hydrogen) atoms. The van der Waals surface area contributed by atoms with Crippen molar-refractivity contribution in [2.45, 2.75) is 0 Å². The Labute approximate surface area is 104 Å². The molecule has 2 aromatic carbocycles. The second-order valence-electron chi connectivity index (χ2n) is 3.68. The van der Waals surface area contributed by atoms with E-state index in [-0.39, 0.29) is 0 Å². The molecule has 0 bridgehead atoms. The van der Waals surface area contributed by atoms with E-state index >= 15 is 0 Å². The van der Waals surface area contributed by atoms with Gasteiger partial charge in [-0.05, 0) is 35.4 Å². The Hall–Kier alpha value is -2.00. The van der Waals surface area contributed by atoms with Crippen LogP contribution in [0.1, 0.15) is 10.4 Å². The van der Waals surface area contributed by atoms with Crippen LogP contribution in [0.4, 0.5) is 5.69 Å². The molecule has 2 aromatic rings. The predicted molar refractivity (Wildman–Crippen MR) is 69.8 cm³/mol. The molecule has 0 fully saturated rings. The van der Waals surface area contributed by atoms with Crippen LogP contribution in [0, 0.1) is 0 Å². The third kappa shape index (κ3) is 2.40. The minimum absolute atomic E-state index is 0.410. The lowest BCUT2D eigenvalue weighted by Gasteiger charge is -2.08. The number of benzene rings is 2. The summed E-state index contributed by atoms with van der Waals surface area (Å²) in [6.07, 6.45) is 0. The smallest absolute Gasteiger partial charge is 0.249 e. The average molecular weight is 247 g/mol. The van der Waals surface area contributed by atoms with Crippen LogP contribution in [0.5, 0.6) is 0 Å². The van der Waals surface area contributed by atoms with E-state index in [9.17, 15) is 4.79 Å². The van der Waals surface area contributed by atoms with Gasteiger partial charge < -0.3 is 11.5 Å². The third-order valence-electron chi connectivity index (χ3n) is 2.46. The second kappa shape index (κ2) is 4.47. The van der Waals surface area contributed by atoms with Gasteiger partial charge in [-0.15, -0.1) is 0 Å². The van der Waals surface area contributed by atoms with Crippen molar-refractivity contribution in [3.63, 3.8) is 0 Å². The second-order valence-corrected chi connectivity index (χ2v) is 4.11. The Morgan fingerprint density at radius 1 is 1.06 bits per heavy atom. The number of anilines is 1. The number of hydrogen-bond donors (Lipinski definition) is 2. The number of primary amides is 1. The van der Waals surface area contributed by atoms with Gasteiger partial charge in [0, 0.05) is 16.3 Å². The largest absolute Gasteiger partial charge is 0.399 e. The molecular formula is C13H11ClN2O. The minimum atomic E-state index is -0.498. The van der Waals surface area contributed by atoms with Crippen molar-refractivity contribution < 1.29 is 4.79 Å². The summed E-state index contributed by atoms with van der Waals surface area (Å²) in [6, 6.07) is 12.3. The zero-order chi connectivity index (χ0) is 12.4. The van der Waals surface area contributed by atoms with E-state index in [0.717, 1.165) is 11.1 Å². The van der Waals surface area contributed by atoms with Gasteiger partial charge >= 0.3 is 0 Å². The number of halogens is 1. The summed E-state index contributed by atoms with van der Waals surface area (Å²) in [5.74, 6) is -0.498. The fourth-order valence-electron chi connectivity index (χ4n) is 1.65. The van der Waals surface area contributed by atoms with Crippen molar-refractivity contribution in [2.75, 3.05) is 5.73 Å². The minimum Gasteiger partial charge on any atom is -0.399 e. The van der Waals surface area contributed by atoms with Crippen LogP contribution in [0.25, 0.3) is 11.1 Å². The molecule has 0 atom stereocenters. The number of carbonyl (C=O) groups excluding carboxylic acids is 1. The lowest BCUT2D eigenvalue weighted by Crippen LogP contribution is -2.12.